The monoisotopic (exact) mass is 269 g/mol. The molecule has 2 N–H and O–H groups in total. The summed E-state index contributed by atoms with van der Waals surface area (Å²) in [6.45, 7) is 2.55. The normalized spacial score (nSPS) is 15.6. The number of carbonyl (C=O) groups is 1. The van der Waals surface area contributed by atoms with E-state index in [0.29, 0.717) is 13.0 Å². The van der Waals surface area contributed by atoms with Gasteiger partial charge in [0.05, 0.1) is 0 Å². The molecule has 1 heterocycles. The number of benzene rings is 1. The third-order valence-corrected chi connectivity index (χ3v) is 4.73. The van der Waals surface area contributed by atoms with E-state index in [-0.39, 0.29) is 5.78 Å². The minimum Gasteiger partial charge on any atom is -0.326 e. The lowest BCUT2D eigenvalue weighted by atomic mass is 9.94. The molecule has 3 heteroatoms. The summed E-state index contributed by atoms with van der Waals surface area (Å²) in [4.78, 5) is 12.6. The molecule has 3 rings (SSSR count). The highest BCUT2D eigenvalue weighted by atomic mass is 32.1. The number of nitrogens with two attached hydrogens (primary N) is 1. The smallest absolute Gasteiger partial charge is 0.159 e. The molecule has 0 radical (unpaired) electrons. The van der Waals surface area contributed by atoms with Crippen LogP contribution in [0.25, 0.3) is 15.7 Å². The maximum absolute atomic E-state index is 11.4. The summed E-state index contributed by atoms with van der Waals surface area (Å²) in [5, 5.41) is 1.23. The van der Waals surface area contributed by atoms with Crippen LogP contribution in [0.5, 0.6) is 0 Å². The van der Waals surface area contributed by atoms with E-state index in [1.54, 1.807) is 17.4 Å². The van der Waals surface area contributed by atoms with Gasteiger partial charge in [-0.25, -0.2) is 0 Å². The second-order valence-corrected chi connectivity index (χ2v) is 5.83. The SMILES string of the molecule is CC1=C(c2sc3ccccc3c2CN)C=CC(=O)C1. The quantitative estimate of drug-likeness (QED) is 0.904. The maximum Gasteiger partial charge on any atom is 0.159 e. The molecule has 19 heavy (non-hydrogen) atoms. The van der Waals surface area contributed by atoms with Gasteiger partial charge in [-0.1, -0.05) is 29.8 Å². The second kappa shape index (κ2) is 4.76. The summed E-state index contributed by atoms with van der Waals surface area (Å²) in [6.07, 6.45) is 4.13. The van der Waals surface area contributed by atoms with Gasteiger partial charge >= 0.3 is 0 Å². The lowest BCUT2D eigenvalue weighted by Gasteiger charge is -2.12. The van der Waals surface area contributed by atoms with Crippen LogP contribution in [-0.2, 0) is 11.3 Å². The van der Waals surface area contributed by atoms with Crippen molar-refractivity contribution in [2.45, 2.75) is 19.9 Å². The van der Waals surface area contributed by atoms with E-state index in [0.717, 1.165) is 5.57 Å². The van der Waals surface area contributed by atoms with Gasteiger partial charge in [0.2, 0.25) is 0 Å². The molecule has 0 atom stereocenters. The second-order valence-electron chi connectivity index (χ2n) is 4.78. The van der Waals surface area contributed by atoms with Crippen LogP contribution in [0.2, 0.25) is 0 Å². The summed E-state index contributed by atoms with van der Waals surface area (Å²) in [6, 6.07) is 8.32. The predicted molar refractivity (Wildman–Crippen MR) is 81.1 cm³/mol. The minimum atomic E-state index is 0.177. The molecule has 1 aromatic heterocycles. The van der Waals surface area contributed by atoms with E-state index in [2.05, 4.69) is 12.1 Å². The van der Waals surface area contributed by atoms with Crippen molar-refractivity contribution in [3.63, 3.8) is 0 Å². The molecular weight excluding hydrogens is 254 g/mol. The topological polar surface area (TPSA) is 43.1 Å². The molecule has 96 valence electrons. The number of hydrogen-bond donors (Lipinski definition) is 1. The summed E-state index contributed by atoms with van der Waals surface area (Å²) in [5.74, 6) is 0.177. The first kappa shape index (κ1) is 12.3. The van der Waals surface area contributed by atoms with Gasteiger partial charge in [-0.15, -0.1) is 11.3 Å². The number of rotatable bonds is 2. The Morgan fingerprint density at radius 2 is 2.05 bits per heavy atom. The molecule has 0 bridgehead atoms. The third kappa shape index (κ3) is 2.05. The largest absolute Gasteiger partial charge is 0.326 e. The molecular formula is C16H15NOS. The summed E-state index contributed by atoms with van der Waals surface area (Å²) < 4.78 is 1.25. The molecule has 0 aliphatic heterocycles. The third-order valence-electron chi connectivity index (χ3n) is 3.48. The van der Waals surface area contributed by atoms with Crippen molar-refractivity contribution in [3.05, 3.63) is 52.4 Å². The van der Waals surface area contributed by atoms with Gasteiger partial charge in [0.15, 0.2) is 5.78 Å². The number of fused-ring (bicyclic) bond motifs is 1. The van der Waals surface area contributed by atoms with E-state index in [1.807, 2.05) is 25.1 Å². The molecule has 2 nitrogen and oxygen atoms in total. The minimum absolute atomic E-state index is 0.177. The van der Waals surface area contributed by atoms with Gasteiger partial charge in [0, 0.05) is 22.5 Å². The highest BCUT2D eigenvalue weighted by molar-refractivity contribution is 7.20. The van der Waals surface area contributed by atoms with Gasteiger partial charge in [-0.2, -0.15) is 0 Å². The Labute approximate surface area is 116 Å². The van der Waals surface area contributed by atoms with E-state index < -0.39 is 0 Å². The zero-order chi connectivity index (χ0) is 13.4. The highest BCUT2D eigenvalue weighted by Crippen LogP contribution is 2.38. The zero-order valence-corrected chi connectivity index (χ0v) is 11.6. The molecule has 0 saturated carbocycles. The summed E-state index contributed by atoms with van der Waals surface area (Å²) in [5.41, 5.74) is 9.42. The average Bonchev–Trinajstić information content (AvgIpc) is 2.76. The molecule has 0 amide bonds. The van der Waals surface area contributed by atoms with Crippen LogP contribution in [0.4, 0.5) is 0 Å². The molecule has 0 fully saturated rings. The molecule has 0 unspecified atom stereocenters. The number of thiophene rings is 1. The number of hydrogen-bond acceptors (Lipinski definition) is 3. The zero-order valence-electron chi connectivity index (χ0n) is 10.8. The van der Waals surface area contributed by atoms with Crippen molar-refractivity contribution in [3.8, 4) is 0 Å². The van der Waals surface area contributed by atoms with Crippen LogP contribution in [0, 0.1) is 0 Å². The van der Waals surface area contributed by atoms with Crippen molar-refractivity contribution < 1.29 is 4.79 Å². The van der Waals surface area contributed by atoms with Gasteiger partial charge in [0.1, 0.15) is 0 Å². The van der Waals surface area contributed by atoms with E-state index >= 15 is 0 Å². The Bertz CT molecular complexity index is 721. The van der Waals surface area contributed by atoms with Crippen molar-refractivity contribution in [1.29, 1.82) is 0 Å². The fourth-order valence-electron chi connectivity index (χ4n) is 2.52. The molecule has 0 spiro atoms. The fraction of sp³-hybridized carbons (Fsp3) is 0.188. The average molecular weight is 269 g/mol. The lowest BCUT2D eigenvalue weighted by Crippen LogP contribution is -2.03. The van der Waals surface area contributed by atoms with Crippen molar-refractivity contribution in [2.75, 3.05) is 0 Å². The van der Waals surface area contributed by atoms with Crippen molar-refractivity contribution >= 4 is 32.8 Å². The maximum atomic E-state index is 11.4. The van der Waals surface area contributed by atoms with Gasteiger partial charge in [-0.05, 0) is 35.6 Å². The standard InChI is InChI=1S/C16H15NOS/c1-10-8-11(18)6-7-12(10)16-14(9-17)13-4-2-3-5-15(13)19-16/h2-7H,8-9,17H2,1H3. The van der Waals surface area contributed by atoms with Gasteiger partial charge in [0.25, 0.3) is 0 Å². The Morgan fingerprint density at radius 1 is 1.26 bits per heavy atom. The number of allylic oxidation sites excluding steroid dienone is 4. The van der Waals surface area contributed by atoms with E-state index in [1.165, 1.54) is 26.1 Å². The first-order valence-electron chi connectivity index (χ1n) is 6.32. The van der Waals surface area contributed by atoms with Gasteiger partial charge in [-0.3, -0.25) is 4.79 Å². The van der Waals surface area contributed by atoms with Crippen LogP contribution in [-0.4, -0.2) is 5.78 Å². The van der Waals surface area contributed by atoms with Crippen LogP contribution >= 0.6 is 11.3 Å². The Hall–Kier alpha value is -1.71. The van der Waals surface area contributed by atoms with Crippen LogP contribution in [0.3, 0.4) is 0 Å². The van der Waals surface area contributed by atoms with Crippen LogP contribution < -0.4 is 5.73 Å². The molecule has 1 aliphatic rings. The molecule has 1 aliphatic carbocycles. The molecule has 2 aromatic rings. The van der Waals surface area contributed by atoms with Crippen LogP contribution in [0.15, 0.2) is 42.0 Å². The Kier molecular flexibility index (Phi) is 3.09. The molecule has 0 saturated heterocycles. The Morgan fingerprint density at radius 3 is 2.79 bits per heavy atom. The number of ketones is 1. The summed E-state index contributed by atoms with van der Waals surface area (Å²) in [7, 11) is 0. The first-order valence-corrected chi connectivity index (χ1v) is 7.14. The highest BCUT2D eigenvalue weighted by Gasteiger charge is 2.18. The van der Waals surface area contributed by atoms with Crippen LogP contribution in [0.1, 0.15) is 23.8 Å². The fourth-order valence-corrected chi connectivity index (χ4v) is 3.86. The Balaban J connectivity index is 2.23. The predicted octanol–water partition coefficient (Wildman–Crippen LogP) is 3.66. The van der Waals surface area contributed by atoms with E-state index in [4.69, 9.17) is 5.73 Å². The van der Waals surface area contributed by atoms with Gasteiger partial charge < -0.3 is 5.73 Å². The summed E-state index contributed by atoms with van der Waals surface area (Å²) >= 11 is 1.76. The van der Waals surface area contributed by atoms with Crippen molar-refractivity contribution in [1.82, 2.24) is 0 Å². The lowest BCUT2D eigenvalue weighted by molar-refractivity contribution is -0.114. The van der Waals surface area contributed by atoms with Crippen molar-refractivity contribution in [2.24, 2.45) is 5.73 Å². The first-order chi connectivity index (χ1) is 9.20. The molecule has 1 aromatic carbocycles. The number of carbonyl (C=O) groups excluding carboxylic acids is 1. The van der Waals surface area contributed by atoms with E-state index in [9.17, 15) is 4.79 Å².